The predicted octanol–water partition coefficient (Wildman–Crippen LogP) is 1.73. The normalized spacial score (nSPS) is 16.2. The average Bonchev–Trinajstić information content (AvgIpc) is 2.80. The van der Waals surface area contributed by atoms with Gasteiger partial charge in [-0.1, -0.05) is 12.1 Å². The van der Waals surface area contributed by atoms with Crippen molar-refractivity contribution in [3.63, 3.8) is 0 Å². The van der Waals surface area contributed by atoms with Crippen LogP contribution < -0.4 is 15.4 Å². The number of hydrogen-bond donors (Lipinski definition) is 2. The lowest BCUT2D eigenvalue weighted by Gasteiger charge is -2.33. The maximum absolute atomic E-state index is 12.7. The molecule has 0 spiro atoms. The second-order valence-corrected chi connectivity index (χ2v) is 7.25. The van der Waals surface area contributed by atoms with Crippen LogP contribution in [0.1, 0.15) is 47.3 Å². The van der Waals surface area contributed by atoms with Crippen molar-refractivity contribution < 1.29 is 14.3 Å². The lowest BCUT2D eigenvalue weighted by molar-refractivity contribution is -0.131. The van der Waals surface area contributed by atoms with Crippen molar-refractivity contribution in [2.75, 3.05) is 33.3 Å². The zero-order chi connectivity index (χ0) is 21.3. The van der Waals surface area contributed by atoms with Crippen LogP contribution in [0.5, 0.6) is 5.75 Å². The summed E-state index contributed by atoms with van der Waals surface area (Å²) in [5.41, 5.74) is 2.49. The highest BCUT2D eigenvalue weighted by molar-refractivity contribution is 5.94. The molecule has 1 saturated heterocycles. The molecule has 160 valence electrons. The summed E-state index contributed by atoms with van der Waals surface area (Å²) in [7, 11) is 1.63. The Hall–Kier alpha value is -3.00. The third-order valence-electron chi connectivity index (χ3n) is 5.25. The molecule has 30 heavy (non-hydrogen) atoms. The topological polar surface area (TPSA) is 96.5 Å². The molecule has 1 aromatic carbocycles. The van der Waals surface area contributed by atoms with Crippen molar-refractivity contribution in [1.29, 1.82) is 0 Å². The molecular weight excluding hydrogens is 382 g/mol. The zero-order valence-electron chi connectivity index (χ0n) is 17.6. The van der Waals surface area contributed by atoms with Crippen LogP contribution in [0.2, 0.25) is 0 Å². The Kier molecular flexibility index (Phi) is 7.73. The lowest BCUT2D eigenvalue weighted by atomic mass is 9.89. The molecule has 1 fully saturated rings. The maximum atomic E-state index is 12.7. The second-order valence-electron chi connectivity index (χ2n) is 7.25. The largest absolute Gasteiger partial charge is 0.490 e. The Bertz CT molecular complexity index is 873. The summed E-state index contributed by atoms with van der Waals surface area (Å²) in [5, 5.41) is 5.83. The minimum Gasteiger partial charge on any atom is -0.490 e. The van der Waals surface area contributed by atoms with E-state index in [0.717, 1.165) is 30.6 Å². The molecule has 1 aromatic heterocycles. The van der Waals surface area contributed by atoms with Crippen LogP contribution in [0.25, 0.3) is 0 Å². The zero-order valence-corrected chi connectivity index (χ0v) is 17.6. The SMILES string of the molecule is CCOc1cncnc1CNCC(=O)N1CCCC(c2cccc(C(=O)NC)c2)C1. The lowest BCUT2D eigenvalue weighted by Crippen LogP contribution is -2.43. The molecule has 1 unspecified atom stereocenters. The quantitative estimate of drug-likeness (QED) is 0.687. The number of nitrogens with zero attached hydrogens (tertiary/aromatic N) is 3. The Morgan fingerprint density at radius 3 is 3.00 bits per heavy atom. The van der Waals surface area contributed by atoms with E-state index in [0.29, 0.717) is 31.0 Å². The average molecular weight is 412 g/mol. The van der Waals surface area contributed by atoms with Gasteiger partial charge in [-0.2, -0.15) is 0 Å². The van der Waals surface area contributed by atoms with Crippen LogP contribution in [0, 0.1) is 0 Å². The number of carbonyl (C=O) groups excluding carboxylic acids is 2. The number of hydrogen-bond acceptors (Lipinski definition) is 6. The van der Waals surface area contributed by atoms with Gasteiger partial charge in [-0.05, 0) is 37.5 Å². The van der Waals surface area contributed by atoms with Crippen LogP contribution in [0.15, 0.2) is 36.8 Å². The molecule has 3 rings (SSSR count). The van der Waals surface area contributed by atoms with Gasteiger partial charge >= 0.3 is 0 Å². The molecule has 1 aliphatic rings. The van der Waals surface area contributed by atoms with Gasteiger partial charge < -0.3 is 20.3 Å². The number of nitrogens with one attached hydrogen (secondary N) is 2. The number of rotatable bonds is 8. The molecule has 0 saturated carbocycles. The first-order valence-electron chi connectivity index (χ1n) is 10.3. The van der Waals surface area contributed by atoms with Gasteiger partial charge in [-0.3, -0.25) is 9.59 Å². The number of aromatic nitrogens is 2. The van der Waals surface area contributed by atoms with E-state index in [9.17, 15) is 9.59 Å². The van der Waals surface area contributed by atoms with Gasteiger partial charge in [0, 0.05) is 38.2 Å². The summed E-state index contributed by atoms with van der Waals surface area (Å²) in [6.45, 7) is 4.54. The van der Waals surface area contributed by atoms with Gasteiger partial charge in [0.05, 0.1) is 25.0 Å². The smallest absolute Gasteiger partial charge is 0.251 e. The molecular formula is C22H29N5O3. The van der Waals surface area contributed by atoms with Crippen molar-refractivity contribution in [2.45, 2.75) is 32.2 Å². The van der Waals surface area contributed by atoms with Gasteiger partial charge in [0.25, 0.3) is 5.91 Å². The van der Waals surface area contributed by atoms with Gasteiger partial charge in [0.15, 0.2) is 5.75 Å². The van der Waals surface area contributed by atoms with Crippen molar-refractivity contribution in [3.05, 3.63) is 53.6 Å². The van der Waals surface area contributed by atoms with E-state index in [4.69, 9.17) is 4.74 Å². The Labute approximate surface area is 177 Å². The van der Waals surface area contributed by atoms with Gasteiger partial charge in [-0.15, -0.1) is 0 Å². The number of ether oxygens (including phenoxy) is 1. The van der Waals surface area contributed by atoms with E-state index in [1.807, 2.05) is 36.1 Å². The molecule has 0 aliphatic carbocycles. The fourth-order valence-electron chi connectivity index (χ4n) is 3.70. The highest BCUT2D eigenvalue weighted by Crippen LogP contribution is 2.27. The van der Waals surface area contributed by atoms with Crippen molar-refractivity contribution >= 4 is 11.8 Å². The molecule has 1 atom stereocenters. The van der Waals surface area contributed by atoms with E-state index in [-0.39, 0.29) is 24.3 Å². The van der Waals surface area contributed by atoms with E-state index in [1.165, 1.54) is 6.33 Å². The molecule has 2 aromatic rings. The molecule has 2 N–H and O–H groups in total. The first kappa shape index (κ1) is 21.7. The standard InChI is InChI=1S/C22H29N5O3/c1-3-30-20-12-25-15-26-19(20)11-24-13-21(28)27-9-5-8-18(14-27)16-6-4-7-17(10-16)22(29)23-2/h4,6-7,10,12,15,18,24H,3,5,8-9,11,13-14H2,1-2H3,(H,23,29). The predicted molar refractivity (Wildman–Crippen MR) is 113 cm³/mol. The molecule has 0 radical (unpaired) electrons. The summed E-state index contributed by atoms with van der Waals surface area (Å²) >= 11 is 0. The fraction of sp³-hybridized carbons (Fsp3) is 0.455. The Morgan fingerprint density at radius 2 is 2.20 bits per heavy atom. The number of piperidine rings is 1. The molecule has 2 heterocycles. The highest BCUT2D eigenvalue weighted by atomic mass is 16.5. The van der Waals surface area contributed by atoms with E-state index in [2.05, 4.69) is 20.6 Å². The van der Waals surface area contributed by atoms with E-state index < -0.39 is 0 Å². The number of amides is 2. The number of likely N-dealkylation sites (tertiary alicyclic amines) is 1. The molecule has 0 bridgehead atoms. The summed E-state index contributed by atoms with van der Waals surface area (Å²) in [5.74, 6) is 0.836. The van der Waals surface area contributed by atoms with Gasteiger partial charge in [0.2, 0.25) is 5.91 Å². The van der Waals surface area contributed by atoms with E-state index >= 15 is 0 Å². The van der Waals surface area contributed by atoms with Crippen molar-refractivity contribution in [2.24, 2.45) is 0 Å². The van der Waals surface area contributed by atoms with Crippen LogP contribution in [0.3, 0.4) is 0 Å². The third kappa shape index (κ3) is 5.54. The minimum absolute atomic E-state index is 0.0640. The fourth-order valence-corrected chi connectivity index (χ4v) is 3.70. The minimum atomic E-state index is -0.0964. The van der Waals surface area contributed by atoms with Crippen LogP contribution in [0.4, 0.5) is 0 Å². The van der Waals surface area contributed by atoms with E-state index in [1.54, 1.807) is 13.2 Å². The van der Waals surface area contributed by atoms with Gasteiger partial charge in [-0.25, -0.2) is 9.97 Å². The third-order valence-corrected chi connectivity index (χ3v) is 5.25. The summed E-state index contributed by atoms with van der Waals surface area (Å²) < 4.78 is 5.52. The molecule has 8 nitrogen and oxygen atoms in total. The maximum Gasteiger partial charge on any atom is 0.251 e. The molecule has 2 amide bonds. The molecule has 8 heteroatoms. The first-order chi connectivity index (χ1) is 14.6. The second kappa shape index (κ2) is 10.7. The summed E-state index contributed by atoms with van der Waals surface area (Å²) in [4.78, 5) is 34.8. The summed E-state index contributed by atoms with van der Waals surface area (Å²) in [6.07, 6.45) is 5.06. The van der Waals surface area contributed by atoms with Crippen LogP contribution in [-0.2, 0) is 11.3 Å². The number of carbonyl (C=O) groups is 2. The van der Waals surface area contributed by atoms with Crippen LogP contribution >= 0.6 is 0 Å². The molecule has 1 aliphatic heterocycles. The van der Waals surface area contributed by atoms with Gasteiger partial charge in [0.1, 0.15) is 6.33 Å². The van der Waals surface area contributed by atoms with Crippen molar-refractivity contribution in [3.8, 4) is 5.75 Å². The Morgan fingerprint density at radius 1 is 1.33 bits per heavy atom. The summed E-state index contributed by atoms with van der Waals surface area (Å²) in [6, 6.07) is 7.68. The first-order valence-corrected chi connectivity index (χ1v) is 10.3. The highest BCUT2D eigenvalue weighted by Gasteiger charge is 2.25. The number of benzene rings is 1. The van der Waals surface area contributed by atoms with Crippen molar-refractivity contribution in [1.82, 2.24) is 25.5 Å². The Balaban J connectivity index is 1.55. The van der Waals surface area contributed by atoms with Crippen LogP contribution in [-0.4, -0.2) is 60.0 Å². The monoisotopic (exact) mass is 411 g/mol.